The lowest BCUT2D eigenvalue weighted by Gasteiger charge is -2.14. The molecule has 12 aromatic rings. The van der Waals surface area contributed by atoms with Gasteiger partial charge in [-0.15, -0.1) is 0 Å². The molecule has 4 aromatic heterocycles. The van der Waals surface area contributed by atoms with Crippen molar-refractivity contribution in [1.29, 1.82) is 0 Å². The molecule has 0 amide bonds. The molecule has 12 rings (SSSR count). The Labute approximate surface area is 382 Å². The summed E-state index contributed by atoms with van der Waals surface area (Å²) in [6.45, 7) is 0. The molecule has 0 aliphatic heterocycles. The predicted octanol–water partition coefficient (Wildman–Crippen LogP) is 15.5. The van der Waals surface area contributed by atoms with Gasteiger partial charge in [0.1, 0.15) is 0 Å². The van der Waals surface area contributed by atoms with Crippen LogP contribution in [0.5, 0.6) is 0 Å². The van der Waals surface area contributed by atoms with Crippen molar-refractivity contribution in [1.82, 2.24) is 24.9 Å². The van der Waals surface area contributed by atoms with E-state index in [-0.39, 0.29) is 0 Å². The average molecular weight is 842 g/mol. The van der Waals surface area contributed by atoms with E-state index in [0.29, 0.717) is 5.82 Å². The van der Waals surface area contributed by atoms with Gasteiger partial charge in [-0.3, -0.25) is 4.98 Å². The molecule has 0 spiro atoms. The second-order valence-electron chi connectivity index (χ2n) is 16.5. The number of hydrogen-bond donors (Lipinski definition) is 0. The van der Waals surface area contributed by atoms with Crippen molar-refractivity contribution < 1.29 is 0 Å². The summed E-state index contributed by atoms with van der Waals surface area (Å²) in [5, 5.41) is 4.38. The van der Waals surface area contributed by atoms with Gasteiger partial charge in [0.2, 0.25) is 0 Å². The van der Waals surface area contributed by atoms with Gasteiger partial charge in [0.25, 0.3) is 0 Å². The molecule has 308 valence electrons. The van der Waals surface area contributed by atoms with Gasteiger partial charge in [0.15, 0.2) is 5.82 Å². The van der Waals surface area contributed by atoms with E-state index in [9.17, 15) is 0 Å². The Morgan fingerprint density at radius 3 is 1.52 bits per heavy atom. The second-order valence-corrected chi connectivity index (χ2v) is 16.5. The van der Waals surface area contributed by atoms with Crippen LogP contribution in [0.2, 0.25) is 0 Å². The largest absolute Gasteiger partial charge is 0.264 e. The molecule has 0 atom stereocenters. The molecule has 0 saturated carbocycles. The van der Waals surface area contributed by atoms with E-state index < -0.39 is 0 Å². The minimum atomic E-state index is 0.656. The highest BCUT2D eigenvalue weighted by Crippen LogP contribution is 2.38. The first-order valence-electron chi connectivity index (χ1n) is 22.1. The van der Waals surface area contributed by atoms with Crippen molar-refractivity contribution >= 4 is 32.6 Å². The van der Waals surface area contributed by atoms with Gasteiger partial charge in [-0.25, -0.2) is 19.9 Å². The summed E-state index contributed by atoms with van der Waals surface area (Å²) >= 11 is 0. The van der Waals surface area contributed by atoms with E-state index in [0.717, 1.165) is 117 Å². The molecule has 0 bridgehead atoms. The number of rotatable bonds is 8. The topological polar surface area (TPSA) is 64.5 Å². The van der Waals surface area contributed by atoms with Gasteiger partial charge in [0, 0.05) is 56.4 Å². The van der Waals surface area contributed by atoms with E-state index in [1.807, 2.05) is 24.5 Å². The normalized spacial score (nSPS) is 11.3. The van der Waals surface area contributed by atoms with Crippen LogP contribution >= 0.6 is 0 Å². The number of nitrogens with zero attached hydrogens (tertiary/aromatic N) is 5. The van der Waals surface area contributed by atoms with E-state index in [1.54, 1.807) is 0 Å². The first-order valence-corrected chi connectivity index (χ1v) is 22.1. The molecule has 5 heteroatoms. The molecule has 0 unspecified atom stereocenters. The lowest BCUT2D eigenvalue weighted by molar-refractivity contribution is 1.18. The summed E-state index contributed by atoms with van der Waals surface area (Å²) in [5.74, 6) is 0.656. The third kappa shape index (κ3) is 7.34. The van der Waals surface area contributed by atoms with Crippen LogP contribution in [-0.2, 0) is 0 Å². The van der Waals surface area contributed by atoms with Crippen LogP contribution < -0.4 is 0 Å². The Kier molecular flexibility index (Phi) is 9.77. The van der Waals surface area contributed by atoms with Gasteiger partial charge >= 0.3 is 0 Å². The van der Waals surface area contributed by atoms with E-state index in [1.165, 1.54) is 0 Å². The molecule has 8 aromatic carbocycles. The molecular formula is C61H39N5. The summed E-state index contributed by atoms with van der Waals surface area (Å²) in [7, 11) is 0. The zero-order chi connectivity index (χ0) is 43.8. The Hall–Kier alpha value is -8.93. The van der Waals surface area contributed by atoms with Crippen LogP contribution in [0.3, 0.4) is 0 Å². The summed E-state index contributed by atoms with van der Waals surface area (Å²) in [6.07, 6.45) is 3.77. The zero-order valence-corrected chi connectivity index (χ0v) is 35.8. The molecule has 4 heterocycles. The lowest BCUT2D eigenvalue weighted by atomic mass is 9.95. The molecule has 0 fully saturated rings. The second kappa shape index (κ2) is 16.6. The minimum absolute atomic E-state index is 0.656. The number of pyridine rings is 3. The van der Waals surface area contributed by atoms with Gasteiger partial charge < -0.3 is 0 Å². The van der Waals surface area contributed by atoms with Crippen LogP contribution in [0.25, 0.3) is 122 Å². The highest BCUT2D eigenvalue weighted by molar-refractivity contribution is 6.10. The minimum Gasteiger partial charge on any atom is -0.264 e. The van der Waals surface area contributed by atoms with Gasteiger partial charge in [0.05, 0.1) is 33.8 Å². The van der Waals surface area contributed by atoms with E-state index in [2.05, 4.69) is 217 Å². The zero-order valence-electron chi connectivity index (χ0n) is 35.8. The maximum Gasteiger partial charge on any atom is 0.160 e. The first kappa shape index (κ1) is 38.7. The van der Waals surface area contributed by atoms with Gasteiger partial charge in [-0.05, 0) is 81.2 Å². The third-order valence-corrected chi connectivity index (χ3v) is 12.4. The Bertz CT molecular complexity index is 3750. The molecule has 5 nitrogen and oxygen atoms in total. The van der Waals surface area contributed by atoms with E-state index >= 15 is 0 Å². The summed E-state index contributed by atoms with van der Waals surface area (Å²) in [5.41, 5.74) is 17.0. The quantitative estimate of drug-likeness (QED) is 0.143. The van der Waals surface area contributed by atoms with Crippen molar-refractivity contribution in [3.8, 4) is 89.8 Å². The number of aromatic nitrogens is 5. The fraction of sp³-hybridized carbons (Fsp3) is 0. The molecule has 0 aliphatic carbocycles. The van der Waals surface area contributed by atoms with Crippen molar-refractivity contribution in [3.05, 3.63) is 237 Å². The van der Waals surface area contributed by atoms with Crippen LogP contribution in [0.1, 0.15) is 0 Å². The summed E-state index contributed by atoms with van der Waals surface area (Å²) < 4.78 is 0. The maximum atomic E-state index is 5.43. The Balaban J connectivity index is 0.963. The molecule has 66 heavy (non-hydrogen) atoms. The SMILES string of the molecule is c1ccc(-c2cc(-c3cccc(-c4cccc5cnccc45)c3)nc(-c3cccc(-c4cccc(-c5cc(-c6ccccc6)c6ccc7ccc(-c8ccccc8)nc7c6n5)c4)c3)n2)cc1. The number of benzene rings is 8. The number of hydrogen-bond acceptors (Lipinski definition) is 5. The fourth-order valence-electron chi connectivity index (χ4n) is 9.04. The summed E-state index contributed by atoms with van der Waals surface area (Å²) in [4.78, 5) is 25.5. The van der Waals surface area contributed by atoms with Crippen LogP contribution in [0.4, 0.5) is 0 Å². The van der Waals surface area contributed by atoms with Crippen LogP contribution in [0.15, 0.2) is 237 Å². The third-order valence-electron chi connectivity index (χ3n) is 12.4. The van der Waals surface area contributed by atoms with Gasteiger partial charge in [-0.1, -0.05) is 182 Å². The van der Waals surface area contributed by atoms with Crippen molar-refractivity contribution in [2.75, 3.05) is 0 Å². The van der Waals surface area contributed by atoms with Crippen LogP contribution in [-0.4, -0.2) is 24.9 Å². The number of fused-ring (bicyclic) bond motifs is 4. The van der Waals surface area contributed by atoms with Gasteiger partial charge in [-0.2, -0.15) is 0 Å². The average Bonchev–Trinajstić information content (AvgIpc) is 3.41. The molecule has 0 N–H and O–H groups in total. The Morgan fingerprint density at radius 1 is 0.258 bits per heavy atom. The van der Waals surface area contributed by atoms with Crippen molar-refractivity contribution in [2.24, 2.45) is 0 Å². The van der Waals surface area contributed by atoms with Crippen LogP contribution in [0, 0.1) is 0 Å². The fourth-order valence-corrected chi connectivity index (χ4v) is 9.04. The smallest absolute Gasteiger partial charge is 0.160 e. The highest BCUT2D eigenvalue weighted by atomic mass is 14.9. The lowest BCUT2D eigenvalue weighted by Crippen LogP contribution is -1.96. The molecule has 0 aliphatic rings. The monoisotopic (exact) mass is 841 g/mol. The first-order chi connectivity index (χ1) is 32.7. The summed E-state index contributed by atoms with van der Waals surface area (Å²) in [6, 6.07) is 78.4. The predicted molar refractivity (Wildman–Crippen MR) is 271 cm³/mol. The maximum absolute atomic E-state index is 5.43. The van der Waals surface area contributed by atoms with Crippen molar-refractivity contribution in [2.45, 2.75) is 0 Å². The van der Waals surface area contributed by atoms with E-state index in [4.69, 9.17) is 19.9 Å². The molecule has 0 saturated heterocycles. The molecule has 0 radical (unpaired) electrons. The Morgan fingerprint density at radius 2 is 0.788 bits per heavy atom. The highest BCUT2D eigenvalue weighted by Gasteiger charge is 2.17. The standard InChI is InChI=1S/C61H39N5/c1-4-14-40(15-5-1)54-37-56(64-60-53(54)30-28-43-29-31-55(63-59(43)60)41-16-6-2-7-17-41)47-23-10-20-44(34-47)45-21-11-25-49(35-45)61-65-57(42-18-8-3-9-19-42)38-58(66-61)48-24-12-22-46(36-48)51-27-13-26-50-39-62-33-32-52(50)51/h1-39H. The van der Waals surface area contributed by atoms with Crippen molar-refractivity contribution in [3.63, 3.8) is 0 Å². The molecular weight excluding hydrogens is 803 g/mol.